The zero-order chi connectivity index (χ0) is 11.8. The van der Waals surface area contributed by atoms with Gasteiger partial charge in [0.2, 0.25) is 5.91 Å². The largest absolute Gasteiger partial charge is 0.339 e. The SMILES string of the molecule is CCCCC/C=C/C(=O)N1CCCC(C)C1. The predicted molar refractivity (Wildman–Crippen MR) is 68.3 cm³/mol. The van der Waals surface area contributed by atoms with E-state index >= 15 is 0 Å². The van der Waals surface area contributed by atoms with E-state index < -0.39 is 0 Å². The van der Waals surface area contributed by atoms with Crippen LogP contribution in [-0.2, 0) is 4.79 Å². The van der Waals surface area contributed by atoms with Crippen molar-refractivity contribution in [1.29, 1.82) is 0 Å². The minimum absolute atomic E-state index is 0.211. The highest BCUT2D eigenvalue weighted by molar-refractivity contribution is 5.87. The van der Waals surface area contributed by atoms with Gasteiger partial charge in [-0.1, -0.05) is 32.8 Å². The molecule has 1 aliphatic heterocycles. The van der Waals surface area contributed by atoms with Crippen molar-refractivity contribution in [3.05, 3.63) is 12.2 Å². The fourth-order valence-corrected chi connectivity index (χ4v) is 2.19. The van der Waals surface area contributed by atoms with Crippen molar-refractivity contribution in [3.8, 4) is 0 Å². The molecule has 0 radical (unpaired) electrons. The number of carbonyl (C=O) groups excluding carboxylic acids is 1. The Bertz CT molecular complexity index is 235. The fourth-order valence-electron chi connectivity index (χ4n) is 2.19. The van der Waals surface area contributed by atoms with Crippen LogP contribution in [0.4, 0.5) is 0 Å². The van der Waals surface area contributed by atoms with E-state index in [1.54, 1.807) is 6.08 Å². The Balaban J connectivity index is 2.22. The van der Waals surface area contributed by atoms with Gasteiger partial charge in [0, 0.05) is 13.1 Å². The van der Waals surface area contributed by atoms with Crippen LogP contribution in [0.1, 0.15) is 52.4 Å². The third-order valence-electron chi connectivity index (χ3n) is 3.20. The zero-order valence-electron chi connectivity index (χ0n) is 10.7. The second kappa shape index (κ2) is 7.48. The highest BCUT2D eigenvalue weighted by atomic mass is 16.2. The van der Waals surface area contributed by atoms with Crippen LogP contribution in [-0.4, -0.2) is 23.9 Å². The van der Waals surface area contributed by atoms with Gasteiger partial charge >= 0.3 is 0 Å². The van der Waals surface area contributed by atoms with Crippen molar-refractivity contribution < 1.29 is 4.79 Å². The van der Waals surface area contributed by atoms with Gasteiger partial charge in [-0.2, -0.15) is 0 Å². The summed E-state index contributed by atoms with van der Waals surface area (Å²) in [6.07, 6.45) is 11.0. The molecule has 92 valence electrons. The minimum Gasteiger partial charge on any atom is -0.339 e. The number of piperidine rings is 1. The normalized spacial score (nSPS) is 21.6. The molecule has 0 bridgehead atoms. The zero-order valence-corrected chi connectivity index (χ0v) is 10.7. The number of nitrogens with zero attached hydrogens (tertiary/aromatic N) is 1. The maximum atomic E-state index is 11.8. The number of amides is 1. The second-order valence-corrected chi connectivity index (χ2v) is 4.93. The molecule has 1 unspecified atom stereocenters. The molecular formula is C14H25NO. The third-order valence-corrected chi connectivity index (χ3v) is 3.20. The first kappa shape index (κ1) is 13.3. The number of likely N-dealkylation sites (tertiary alicyclic amines) is 1. The third kappa shape index (κ3) is 4.82. The number of carbonyl (C=O) groups is 1. The molecule has 0 aromatic heterocycles. The molecule has 1 heterocycles. The summed E-state index contributed by atoms with van der Waals surface area (Å²) < 4.78 is 0. The van der Waals surface area contributed by atoms with Crippen molar-refractivity contribution in [2.45, 2.75) is 52.4 Å². The molecule has 0 N–H and O–H groups in total. The lowest BCUT2D eigenvalue weighted by molar-refractivity contribution is -0.127. The van der Waals surface area contributed by atoms with E-state index in [9.17, 15) is 4.79 Å². The average Bonchev–Trinajstić information content (AvgIpc) is 2.28. The van der Waals surface area contributed by atoms with E-state index in [4.69, 9.17) is 0 Å². The molecule has 1 atom stereocenters. The first-order valence-corrected chi connectivity index (χ1v) is 6.69. The minimum atomic E-state index is 0.211. The first-order valence-electron chi connectivity index (χ1n) is 6.69. The van der Waals surface area contributed by atoms with E-state index in [-0.39, 0.29) is 5.91 Å². The van der Waals surface area contributed by atoms with Crippen LogP contribution in [0.15, 0.2) is 12.2 Å². The quantitative estimate of drug-likeness (QED) is 0.517. The van der Waals surface area contributed by atoms with Crippen LogP contribution in [0.2, 0.25) is 0 Å². The van der Waals surface area contributed by atoms with Gasteiger partial charge in [0.15, 0.2) is 0 Å². The monoisotopic (exact) mass is 223 g/mol. The summed E-state index contributed by atoms with van der Waals surface area (Å²) in [7, 11) is 0. The summed E-state index contributed by atoms with van der Waals surface area (Å²) in [6, 6.07) is 0. The molecule has 0 aromatic rings. The van der Waals surface area contributed by atoms with Gasteiger partial charge in [-0.25, -0.2) is 0 Å². The number of rotatable bonds is 5. The van der Waals surface area contributed by atoms with Gasteiger partial charge in [0.1, 0.15) is 0 Å². The Hall–Kier alpha value is -0.790. The summed E-state index contributed by atoms with van der Waals surface area (Å²) in [4.78, 5) is 13.8. The van der Waals surface area contributed by atoms with Gasteiger partial charge in [-0.3, -0.25) is 4.79 Å². The van der Waals surface area contributed by atoms with Crippen molar-refractivity contribution in [2.24, 2.45) is 5.92 Å². The molecule has 2 nitrogen and oxygen atoms in total. The number of unbranched alkanes of at least 4 members (excludes halogenated alkanes) is 3. The van der Waals surface area contributed by atoms with E-state index in [1.807, 2.05) is 11.0 Å². The number of allylic oxidation sites excluding steroid dienone is 1. The molecule has 16 heavy (non-hydrogen) atoms. The Morgan fingerprint density at radius 1 is 1.44 bits per heavy atom. The average molecular weight is 223 g/mol. The summed E-state index contributed by atoms with van der Waals surface area (Å²) >= 11 is 0. The van der Waals surface area contributed by atoms with Crippen molar-refractivity contribution in [3.63, 3.8) is 0 Å². The van der Waals surface area contributed by atoms with Crippen LogP contribution < -0.4 is 0 Å². The molecule has 1 aliphatic rings. The maximum absolute atomic E-state index is 11.8. The molecule has 1 fully saturated rings. The van der Waals surface area contributed by atoms with E-state index in [0.29, 0.717) is 5.92 Å². The van der Waals surface area contributed by atoms with Crippen LogP contribution in [0.5, 0.6) is 0 Å². The maximum Gasteiger partial charge on any atom is 0.246 e. The summed E-state index contributed by atoms with van der Waals surface area (Å²) in [5.41, 5.74) is 0. The van der Waals surface area contributed by atoms with Gasteiger partial charge in [-0.05, 0) is 37.7 Å². The molecule has 1 amide bonds. The van der Waals surface area contributed by atoms with Crippen LogP contribution in [0.3, 0.4) is 0 Å². The van der Waals surface area contributed by atoms with E-state index in [1.165, 1.54) is 25.7 Å². The molecule has 0 aliphatic carbocycles. The number of hydrogen-bond acceptors (Lipinski definition) is 1. The summed E-state index contributed by atoms with van der Waals surface area (Å²) in [5, 5.41) is 0. The van der Waals surface area contributed by atoms with Gasteiger partial charge < -0.3 is 4.90 Å². The lowest BCUT2D eigenvalue weighted by atomic mass is 10.0. The Morgan fingerprint density at radius 3 is 2.94 bits per heavy atom. The van der Waals surface area contributed by atoms with Crippen LogP contribution >= 0.6 is 0 Å². The van der Waals surface area contributed by atoms with Crippen molar-refractivity contribution >= 4 is 5.91 Å². The van der Waals surface area contributed by atoms with E-state index in [2.05, 4.69) is 13.8 Å². The Labute approximate surface area is 99.7 Å². The standard InChI is InChI=1S/C14H25NO/c1-3-4-5-6-7-10-14(16)15-11-8-9-13(2)12-15/h7,10,13H,3-6,8-9,11-12H2,1-2H3/b10-7+. The van der Waals surface area contributed by atoms with Crippen molar-refractivity contribution in [2.75, 3.05) is 13.1 Å². The highest BCUT2D eigenvalue weighted by Gasteiger charge is 2.18. The molecule has 0 saturated carbocycles. The topological polar surface area (TPSA) is 20.3 Å². The molecule has 1 rings (SSSR count). The first-order chi connectivity index (χ1) is 7.74. The lowest BCUT2D eigenvalue weighted by Gasteiger charge is -2.30. The summed E-state index contributed by atoms with van der Waals surface area (Å²) in [6.45, 7) is 6.31. The molecule has 2 heteroatoms. The highest BCUT2D eigenvalue weighted by Crippen LogP contribution is 2.15. The Morgan fingerprint density at radius 2 is 2.25 bits per heavy atom. The molecule has 1 saturated heterocycles. The van der Waals surface area contributed by atoms with Gasteiger partial charge in [0.25, 0.3) is 0 Å². The second-order valence-electron chi connectivity index (χ2n) is 4.93. The predicted octanol–water partition coefficient (Wildman–Crippen LogP) is 3.38. The van der Waals surface area contributed by atoms with Gasteiger partial charge in [0.05, 0.1) is 0 Å². The van der Waals surface area contributed by atoms with Crippen LogP contribution in [0.25, 0.3) is 0 Å². The lowest BCUT2D eigenvalue weighted by Crippen LogP contribution is -2.38. The fraction of sp³-hybridized carbons (Fsp3) is 0.786. The Kier molecular flexibility index (Phi) is 6.20. The molecular weight excluding hydrogens is 198 g/mol. The van der Waals surface area contributed by atoms with E-state index in [0.717, 1.165) is 25.9 Å². The smallest absolute Gasteiger partial charge is 0.246 e. The number of hydrogen-bond donors (Lipinski definition) is 0. The van der Waals surface area contributed by atoms with Crippen molar-refractivity contribution in [1.82, 2.24) is 4.90 Å². The molecule has 0 aromatic carbocycles. The molecule has 0 spiro atoms. The van der Waals surface area contributed by atoms with Crippen LogP contribution in [0, 0.1) is 5.92 Å². The van der Waals surface area contributed by atoms with Gasteiger partial charge in [-0.15, -0.1) is 0 Å². The summed E-state index contributed by atoms with van der Waals surface area (Å²) in [5.74, 6) is 0.884.